The normalized spacial score (nSPS) is 18.1. The van der Waals surface area contributed by atoms with Gasteiger partial charge in [0.25, 0.3) is 0 Å². The van der Waals surface area contributed by atoms with Gasteiger partial charge in [-0.15, -0.1) is 0 Å². The van der Waals surface area contributed by atoms with Gasteiger partial charge in [0.2, 0.25) is 5.91 Å². The number of anilines is 1. The second kappa shape index (κ2) is 8.27. The van der Waals surface area contributed by atoms with Crippen molar-refractivity contribution in [3.05, 3.63) is 29.8 Å². The lowest BCUT2D eigenvalue weighted by Crippen LogP contribution is -2.43. The van der Waals surface area contributed by atoms with E-state index in [9.17, 15) is 14.7 Å². The van der Waals surface area contributed by atoms with Crippen LogP contribution in [0.4, 0.5) is 5.69 Å². The molecule has 1 aromatic carbocycles. The molecule has 0 aromatic heterocycles. The molecule has 0 radical (unpaired) electrons. The number of carbonyl (C=O) groups is 2. The molecule has 2 rings (SSSR count). The summed E-state index contributed by atoms with van der Waals surface area (Å²) >= 11 is 0. The quantitative estimate of drug-likeness (QED) is 0.694. The molecule has 0 bridgehead atoms. The summed E-state index contributed by atoms with van der Waals surface area (Å²) in [7, 11) is 0. The van der Waals surface area contributed by atoms with Gasteiger partial charge in [-0.25, -0.2) is 0 Å². The number of rotatable bonds is 7. The van der Waals surface area contributed by atoms with Crippen molar-refractivity contribution < 1.29 is 19.4 Å². The number of hydrogen-bond donors (Lipinski definition) is 3. The molecule has 1 aromatic rings. The highest BCUT2D eigenvalue weighted by atomic mass is 16.5. The summed E-state index contributed by atoms with van der Waals surface area (Å²) in [6.07, 6.45) is 1.64. The highest BCUT2D eigenvalue weighted by Gasteiger charge is 2.24. The average molecular weight is 317 g/mol. The fraction of sp³-hybridized carbons (Fsp3) is 0.438. The van der Waals surface area contributed by atoms with Crippen LogP contribution in [-0.4, -0.2) is 42.3 Å². The molecule has 1 heterocycles. The topological polar surface area (TPSA) is 111 Å². The van der Waals surface area contributed by atoms with E-state index < -0.39 is 17.9 Å². The third-order valence-corrected chi connectivity index (χ3v) is 3.63. The van der Waals surface area contributed by atoms with Crippen molar-refractivity contribution in [1.82, 2.24) is 5.32 Å². The lowest BCUT2D eigenvalue weighted by Gasteiger charge is -2.17. The smallest absolute Gasteiger partial charge is 0.321 e. The number of amides is 1. The van der Waals surface area contributed by atoms with E-state index >= 15 is 0 Å². The first-order valence-corrected chi connectivity index (χ1v) is 7.47. The Balaban J connectivity index is 1.89. The molecule has 0 saturated carbocycles. The molecule has 122 valence electrons. The van der Waals surface area contributed by atoms with Crippen molar-refractivity contribution in [1.29, 1.82) is 5.26 Å². The fourth-order valence-corrected chi connectivity index (χ4v) is 2.40. The maximum atomic E-state index is 12.0. The van der Waals surface area contributed by atoms with E-state index in [0.29, 0.717) is 24.4 Å². The van der Waals surface area contributed by atoms with Crippen LogP contribution in [-0.2, 0) is 14.3 Å². The second-order valence-corrected chi connectivity index (χ2v) is 5.34. The summed E-state index contributed by atoms with van der Waals surface area (Å²) in [5.74, 6) is -1.55. The summed E-state index contributed by atoms with van der Waals surface area (Å²) in [4.78, 5) is 23.3. The van der Waals surface area contributed by atoms with Crippen molar-refractivity contribution in [3.63, 3.8) is 0 Å². The monoisotopic (exact) mass is 317 g/mol. The molecule has 1 aliphatic rings. The molecule has 7 nitrogen and oxygen atoms in total. The number of nitrogens with zero attached hydrogens (tertiary/aromatic N) is 1. The molecule has 1 saturated heterocycles. The fourth-order valence-electron chi connectivity index (χ4n) is 2.40. The largest absolute Gasteiger partial charge is 0.480 e. The van der Waals surface area contributed by atoms with Crippen LogP contribution in [0.2, 0.25) is 0 Å². The summed E-state index contributed by atoms with van der Waals surface area (Å²) < 4.78 is 5.42. The number of carboxylic acids is 1. The van der Waals surface area contributed by atoms with Crippen LogP contribution in [0, 0.1) is 11.3 Å². The second-order valence-electron chi connectivity index (χ2n) is 5.34. The number of nitrogens with one attached hydrogen (secondary N) is 2. The molecule has 23 heavy (non-hydrogen) atoms. The zero-order chi connectivity index (χ0) is 16.7. The predicted molar refractivity (Wildman–Crippen MR) is 82.8 cm³/mol. The van der Waals surface area contributed by atoms with Crippen LogP contribution >= 0.6 is 0 Å². The first kappa shape index (κ1) is 16.9. The van der Waals surface area contributed by atoms with E-state index in [4.69, 9.17) is 10.00 Å². The van der Waals surface area contributed by atoms with Crippen molar-refractivity contribution in [2.45, 2.75) is 31.4 Å². The predicted octanol–water partition coefficient (Wildman–Crippen LogP) is 1.11. The molecule has 7 heteroatoms. The molecule has 0 unspecified atom stereocenters. The third-order valence-electron chi connectivity index (χ3n) is 3.63. The Morgan fingerprint density at radius 2 is 2.22 bits per heavy atom. The first-order valence-electron chi connectivity index (χ1n) is 7.47. The van der Waals surface area contributed by atoms with Gasteiger partial charge in [0.05, 0.1) is 23.8 Å². The molecule has 2 atom stereocenters. The van der Waals surface area contributed by atoms with Crippen LogP contribution in [0.25, 0.3) is 0 Å². The Bertz CT molecular complexity index is 606. The van der Waals surface area contributed by atoms with E-state index in [1.807, 2.05) is 6.07 Å². The Morgan fingerprint density at radius 1 is 1.43 bits per heavy atom. The minimum Gasteiger partial charge on any atom is -0.480 e. The molecule has 3 N–H and O–H groups in total. The number of carboxylic acid groups (broad SMARTS) is 1. The number of nitriles is 1. The Morgan fingerprint density at radius 3 is 2.87 bits per heavy atom. The SMILES string of the molecule is N#Cc1ccccc1NC(=O)C[C@@H](NC[C@@H]1CCCO1)C(=O)O. The zero-order valence-electron chi connectivity index (χ0n) is 12.6. The van der Waals surface area contributed by atoms with E-state index in [1.165, 1.54) is 0 Å². The maximum Gasteiger partial charge on any atom is 0.321 e. The van der Waals surface area contributed by atoms with Gasteiger partial charge >= 0.3 is 5.97 Å². The number of carbonyl (C=O) groups excluding carboxylic acids is 1. The number of aliphatic carboxylic acids is 1. The van der Waals surface area contributed by atoms with E-state index in [0.717, 1.165) is 12.8 Å². The third kappa shape index (κ3) is 5.06. The molecule has 0 aliphatic carbocycles. The molecular formula is C16H19N3O4. The van der Waals surface area contributed by atoms with Crippen molar-refractivity contribution in [2.75, 3.05) is 18.5 Å². The first-order chi connectivity index (χ1) is 11.1. The molecular weight excluding hydrogens is 298 g/mol. The van der Waals surface area contributed by atoms with Gasteiger partial charge < -0.3 is 20.5 Å². The minimum atomic E-state index is -1.09. The van der Waals surface area contributed by atoms with Crippen molar-refractivity contribution in [2.24, 2.45) is 0 Å². The van der Waals surface area contributed by atoms with Crippen molar-refractivity contribution in [3.8, 4) is 6.07 Å². The number of hydrogen-bond acceptors (Lipinski definition) is 5. The van der Waals surface area contributed by atoms with E-state index in [2.05, 4.69) is 10.6 Å². The Hall–Kier alpha value is -2.43. The Kier molecular flexibility index (Phi) is 6.09. The van der Waals surface area contributed by atoms with Gasteiger partial charge in [-0.2, -0.15) is 5.26 Å². The van der Waals surface area contributed by atoms with E-state index in [1.54, 1.807) is 24.3 Å². The summed E-state index contributed by atoms with van der Waals surface area (Å²) in [6.45, 7) is 1.09. The van der Waals surface area contributed by atoms with Crippen LogP contribution in [0.3, 0.4) is 0 Å². The summed E-state index contributed by atoms with van der Waals surface area (Å²) in [6, 6.07) is 7.56. The van der Waals surface area contributed by atoms with Crippen LogP contribution in [0.5, 0.6) is 0 Å². The standard InChI is InChI=1S/C16H19N3O4/c17-9-11-4-1-2-6-13(11)19-15(20)8-14(16(21)22)18-10-12-5-3-7-23-12/h1-2,4,6,12,14,18H,3,5,7-8,10H2,(H,19,20)(H,21,22)/t12-,14+/m0/s1. The number of para-hydroxylation sites is 1. The van der Waals surface area contributed by atoms with Gasteiger partial charge in [-0.05, 0) is 25.0 Å². The van der Waals surface area contributed by atoms with Gasteiger partial charge in [-0.1, -0.05) is 12.1 Å². The van der Waals surface area contributed by atoms with E-state index in [-0.39, 0.29) is 12.5 Å². The van der Waals surface area contributed by atoms with Crippen LogP contribution in [0.1, 0.15) is 24.8 Å². The van der Waals surface area contributed by atoms with Crippen LogP contribution < -0.4 is 10.6 Å². The van der Waals surface area contributed by atoms with Gasteiger partial charge in [-0.3, -0.25) is 9.59 Å². The zero-order valence-corrected chi connectivity index (χ0v) is 12.6. The molecule has 1 amide bonds. The minimum absolute atomic E-state index is 0.000717. The lowest BCUT2D eigenvalue weighted by atomic mass is 10.1. The number of ether oxygens (including phenoxy) is 1. The number of benzene rings is 1. The Labute approximate surface area is 134 Å². The van der Waals surface area contributed by atoms with Gasteiger partial charge in [0, 0.05) is 13.2 Å². The van der Waals surface area contributed by atoms with Crippen molar-refractivity contribution >= 4 is 17.6 Å². The summed E-state index contributed by atoms with van der Waals surface area (Å²) in [5, 5.41) is 23.6. The molecule has 0 spiro atoms. The maximum absolute atomic E-state index is 12.0. The summed E-state index contributed by atoms with van der Waals surface area (Å²) in [5.41, 5.74) is 0.711. The lowest BCUT2D eigenvalue weighted by molar-refractivity contribution is -0.141. The highest BCUT2D eigenvalue weighted by molar-refractivity contribution is 5.95. The molecule has 1 fully saturated rings. The van der Waals surface area contributed by atoms with Gasteiger partial charge in [0.1, 0.15) is 12.1 Å². The van der Waals surface area contributed by atoms with Crippen LogP contribution in [0.15, 0.2) is 24.3 Å². The van der Waals surface area contributed by atoms with Gasteiger partial charge in [0.15, 0.2) is 0 Å². The average Bonchev–Trinajstić information content (AvgIpc) is 3.05. The molecule has 1 aliphatic heterocycles. The highest BCUT2D eigenvalue weighted by Crippen LogP contribution is 2.14.